The van der Waals surface area contributed by atoms with Crippen molar-refractivity contribution in [2.45, 2.75) is 44.6 Å². The van der Waals surface area contributed by atoms with E-state index in [9.17, 15) is 22.0 Å². The number of halogens is 5. The Morgan fingerprint density at radius 1 is 1.25 bits per heavy atom. The summed E-state index contributed by atoms with van der Waals surface area (Å²) in [5.74, 6) is -3.46. The monoisotopic (exact) mass is 462 g/mol. The molecule has 32 heavy (non-hydrogen) atoms. The fourth-order valence-corrected chi connectivity index (χ4v) is 3.62. The van der Waals surface area contributed by atoms with Crippen molar-refractivity contribution in [3.63, 3.8) is 0 Å². The number of hydrogen-bond acceptors (Lipinski definition) is 5. The van der Waals surface area contributed by atoms with Gasteiger partial charge in [0.2, 0.25) is 0 Å². The Balaban J connectivity index is 0.000000360. The van der Waals surface area contributed by atoms with E-state index in [1.165, 1.54) is 30.7 Å². The largest absolute Gasteiger partial charge is 0.490 e. The van der Waals surface area contributed by atoms with Gasteiger partial charge in [0.25, 0.3) is 0 Å². The highest BCUT2D eigenvalue weighted by Crippen LogP contribution is 2.34. The van der Waals surface area contributed by atoms with Gasteiger partial charge in [-0.2, -0.15) is 13.2 Å². The van der Waals surface area contributed by atoms with Crippen LogP contribution in [0.4, 0.5) is 22.0 Å². The molecule has 7 nitrogen and oxygen atoms in total. The molecule has 2 aromatic rings. The van der Waals surface area contributed by atoms with Crippen molar-refractivity contribution in [2.24, 2.45) is 5.92 Å². The summed E-state index contributed by atoms with van der Waals surface area (Å²) in [4.78, 5) is 11.1. The third-order valence-electron chi connectivity index (χ3n) is 5.21. The Kier molecular flexibility index (Phi) is 7.44. The number of nitrogens with zero attached hydrogens (tertiary/aromatic N) is 4. The van der Waals surface area contributed by atoms with Crippen LogP contribution in [0.3, 0.4) is 0 Å². The standard InChI is InChI=1S/C18H22F2N4O.C2HF3O2/c1-25-11-14-9-23(7-13-4-5-15(19)16(20)6-13)10-17-18(14)24(22-21-17)8-12-2-3-12;3-2(4,5)1(6)7/h4-6,12,14H,2-3,7-11H2,1H3;(H,6,7). The number of carboxylic acids is 1. The average molecular weight is 462 g/mol. The molecule has 1 aromatic carbocycles. The predicted octanol–water partition coefficient (Wildman–Crippen LogP) is 3.35. The minimum atomic E-state index is -5.08. The lowest BCUT2D eigenvalue weighted by molar-refractivity contribution is -0.192. The van der Waals surface area contributed by atoms with E-state index in [0.717, 1.165) is 30.3 Å². The Morgan fingerprint density at radius 3 is 2.50 bits per heavy atom. The molecule has 0 saturated heterocycles. The van der Waals surface area contributed by atoms with Gasteiger partial charge in [-0.3, -0.25) is 4.90 Å². The second-order valence-electron chi connectivity index (χ2n) is 7.92. The molecule has 0 amide bonds. The first kappa shape index (κ1) is 24.1. The van der Waals surface area contributed by atoms with Crippen LogP contribution >= 0.6 is 0 Å². The minimum Gasteiger partial charge on any atom is -0.475 e. The molecule has 1 N–H and O–H groups in total. The maximum atomic E-state index is 13.5. The normalized spacial score (nSPS) is 18.6. The van der Waals surface area contributed by atoms with Crippen LogP contribution in [0.1, 0.15) is 35.7 Å². The van der Waals surface area contributed by atoms with Crippen molar-refractivity contribution < 1.29 is 36.6 Å². The zero-order chi connectivity index (χ0) is 23.5. The van der Waals surface area contributed by atoms with E-state index in [2.05, 4.69) is 15.2 Å². The molecule has 1 aliphatic heterocycles. The van der Waals surface area contributed by atoms with Gasteiger partial charge in [0.05, 0.1) is 12.3 Å². The van der Waals surface area contributed by atoms with Crippen LogP contribution in [-0.2, 0) is 29.2 Å². The molecule has 1 atom stereocenters. The van der Waals surface area contributed by atoms with E-state index in [1.54, 1.807) is 13.2 Å². The summed E-state index contributed by atoms with van der Waals surface area (Å²) < 4.78 is 65.8. The van der Waals surface area contributed by atoms with Crippen LogP contribution in [0.5, 0.6) is 0 Å². The number of carboxylic acid groups (broad SMARTS) is 1. The van der Waals surface area contributed by atoms with E-state index < -0.39 is 23.8 Å². The van der Waals surface area contributed by atoms with E-state index in [4.69, 9.17) is 14.6 Å². The molecule has 2 heterocycles. The Bertz CT molecular complexity index is 946. The lowest BCUT2D eigenvalue weighted by Crippen LogP contribution is -2.36. The Labute approximate surface area is 180 Å². The number of ether oxygens (including phenoxy) is 1. The average Bonchev–Trinajstić information content (AvgIpc) is 3.43. The number of aromatic nitrogens is 3. The first-order chi connectivity index (χ1) is 15.1. The van der Waals surface area contributed by atoms with Gasteiger partial charge in [-0.25, -0.2) is 18.3 Å². The fraction of sp³-hybridized carbons (Fsp3) is 0.550. The second-order valence-corrected chi connectivity index (χ2v) is 7.92. The fourth-order valence-electron chi connectivity index (χ4n) is 3.62. The van der Waals surface area contributed by atoms with E-state index in [-0.39, 0.29) is 5.92 Å². The van der Waals surface area contributed by atoms with Gasteiger partial charge in [-0.15, -0.1) is 5.10 Å². The van der Waals surface area contributed by atoms with Crippen molar-refractivity contribution in [2.75, 3.05) is 20.3 Å². The summed E-state index contributed by atoms with van der Waals surface area (Å²) in [5, 5.41) is 15.9. The molecule has 1 aromatic heterocycles. The second kappa shape index (κ2) is 9.90. The highest BCUT2D eigenvalue weighted by Gasteiger charge is 2.38. The summed E-state index contributed by atoms with van der Waals surface area (Å²) in [6, 6.07) is 4.07. The molecular formula is C20H23F5N4O3. The van der Waals surface area contributed by atoms with Crippen LogP contribution in [0, 0.1) is 17.6 Å². The summed E-state index contributed by atoms with van der Waals surface area (Å²) >= 11 is 0. The zero-order valence-electron chi connectivity index (χ0n) is 17.3. The van der Waals surface area contributed by atoms with Gasteiger partial charge in [-0.1, -0.05) is 11.3 Å². The molecule has 1 aliphatic carbocycles. The number of alkyl halides is 3. The summed E-state index contributed by atoms with van der Waals surface area (Å²) in [6.07, 6.45) is -2.54. The SMILES string of the molecule is COCC1CN(Cc2ccc(F)c(F)c2)Cc2nnn(CC3CC3)c21.O=C(O)C(F)(F)F. The summed E-state index contributed by atoms with van der Waals surface area (Å²) in [5.41, 5.74) is 2.90. The molecule has 1 unspecified atom stereocenters. The quantitative estimate of drug-likeness (QED) is 0.664. The summed E-state index contributed by atoms with van der Waals surface area (Å²) in [7, 11) is 1.70. The predicted molar refractivity (Wildman–Crippen MR) is 102 cm³/mol. The maximum absolute atomic E-state index is 13.5. The number of benzene rings is 1. The molecule has 0 spiro atoms. The number of rotatable bonds is 6. The number of methoxy groups -OCH3 is 1. The molecular weight excluding hydrogens is 439 g/mol. The number of carbonyl (C=O) groups is 1. The highest BCUT2D eigenvalue weighted by molar-refractivity contribution is 5.73. The van der Waals surface area contributed by atoms with Crippen molar-refractivity contribution in [1.82, 2.24) is 19.9 Å². The van der Waals surface area contributed by atoms with Gasteiger partial charge >= 0.3 is 12.1 Å². The molecule has 1 fully saturated rings. The van der Waals surface area contributed by atoms with Crippen molar-refractivity contribution in [3.8, 4) is 0 Å². The minimum absolute atomic E-state index is 0.188. The van der Waals surface area contributed by atoms with Gasteiger partial charge in [-0.05, 0) is 36.5 Å². The number of hydrogen-bond donors (Lipinski definition) is 1. The third-order valence-corrected chi connectivity index (χ3v) is 5.21. The van der Waals surface area contributed by atoms with Crippen LogP contribution in [0.25, 0.3) is 0 Å². The molecule has 0 bridgehead atoms. The van der Waals surface area contributed by atoms with Gasteiger partial charge in [0.1, 0.15) is 5.69 Å². The lowest BCUT2D eigenvalue weighted by atomic mass is 9.98. The summed E-state index contributed by atoms with van der Waals surface area (Å²) in [6.45, 7) is 3.54. The molecule has 12 heteroatoms. The lowest BCUT2D eigenvalue weighted by Gasteiger charge is -2.32. The van der Waals surface area contributed by atoms with Crippen LogP contribution in [0.15, 0.2) is 18.2 Å². The van der Waals surface area contributed by atoms with Crippen molar-refractivity contribution in [3.05, 3.63) is 46.8 Å². The first-order valence-corrected chi connectivity index (χ1v) is 9.96. The highest BCUT2D eigenvalue weighted by atomic mass is 19.4. The van der Waals surface area contributed by atoms with Crippen molar-refractivity contribution >= 4 is 5.97 Å². The first-order valence-electron chi connectivity index (χ1n) is 9.96. The number of fused-ring (bicyclic) bond motifs is 1. The van der Waals surface area contributed by atoms with Crippen LogP contribution in [0.2, 0.25) is 0 Å². The van der Waals surface area contributed by atoms with E-state index in [1.807, 2.05) is 4.68 Å². The number of aliphatic carboxylic acids is 1. The van der Waals surface area contributed by atoms with E-state index in [0.29, 0.717) is 19.7 Å². The third kappa shape index (κ3) is 6.22. The zero-order valence-corrected chi connectivity index (χ0v) is 17.3. The molecule has 176 valence electrons. The topological polar surface area (TPSA) is 80.5 Å². The van der Waals surface area contributed by atoms with Crippen LogP contribution in [-0.4, -0.2) is 57.4 Å². The molecule has 2 aliphatic rings. The molecule has 4 rings (SSSR count). The van der Waals surface area contributed by atoms with Gasteiger partial charge in [0, 0.05) is 39.2 Å². The maximum Gasteiger partial charge on any atom is 0.490 e. The van der Waals surface area contributed by atoms with Gasteiger partial charge < -0.3 is 9.84 Å². The Morgan fingerprint density at radius 2 is 1.94 bits per heavy atom. The van der Waals surface area contributed by atoms with E-state index >= 15 is 0 Å². The Hall–Kier alpha value is -2.60. The van der Waals surface area contributed by atoms with Crippen molar-refractivity contribution in [1.29, 1.82) is 0 Å². The smallest absolute Gasteiger partial charge is 0.475 e. The molecule has 0 radical (unpaired) electrons. The van der Waals surface area contributed by atoms with Gasteiger partial charge in [0.15, 0.2) is 11.6 Å². The molecule has 1 saturated carbocycles. The van der Waals surface area contributed by atoms with Crippen LogP contribution < -0.4 is 0 Å².